The van der Waals surface area contributed by atoms with Gasteiger partial charge < -0.3 is 10.6 Å². The van der Waals surface area contributed by atoms with E-state index >= 15 is 0 Å². The van der Waals surface area contributed by atoms with Crippen LogP contribution in [0.3, 0.4) is 0 Å². The Labute approximate surface area is 110 Å². The van der Waals surface area contributed by atoms with Gasteiger partial charge in [-0.15, -0.1) is 0 Å². The number of benzene rings is 1. The fourth-order valence-electron chi connectivity index (χ4n) is 1.88. The van der Waals surface area contributed by atoms with Gasteiger partial charge in [0.05, 0.1) is 0 Å². The molecule has 2 atom stereocenters. The third-order valence-electron chi connectivity index (χ3n) is 3.13. The average molecular weight is 248 g/mol. The van der Waals surface area contributed by atoms with Crippen LogP contribution < -0.4 is 10.6 Å². The number of nitrogens with one attached hydrogen (secondary N) is 2. The highest BCUT2D eigenvalue weighted by Gasteiger charge is 2.09. The van der Waals surface area contributed by atoms with Crippen molar-refractivity contribution in [3.05, 3.63) is 35.9 Å². The molecule has 0 saturated carbocycles. The molecule has 0 heterocycles. The summed E-state index contributed by atoms with van der Waals surface area (Å²) in [4.78, 5) is 11.7. The molecule has 2 amide bonds. The molecule has 1 aromatic rings. The van der Waals surface area contributed by atoms with E-state index in [0.29, 0.717) is 12.5 Å². The average Bonchev–Trinajstić information content (AvgIpc) is 2.37. The Morgan fingerprint density at radius 3 is 2.50 bits per heavy atom. The van der Waals surface area contributed by atoms with E-state index in [0.717, 1.165) is 18.4 Å². The Balaban J connectivity index is 2.25. The monoisotopic (exact) mass is 248 g/mol. The third kappa shape index (κ3) is 5.71. The quantitative estimate of drug-likeness (QED) is 0.796. The minimum atomic E-state index is -0.0883. The first-order valence-corrected chi connectivity index (χ1v) is 6.70. The van der Waals surface area contributed by atoms with E-state index in [2.05, 4.69) is 24.5 Å². The molecule has 1 rings (SSSR count). The zero-order valence-electron chi connectivity index (χ0n) is 11.6. The van der Waals surface area contributed by atoms with Crippen molar-refractivity contribution in [1.82, 2.24) is 10.6 Å². The predicted molar refractivity (Wildman–Crippen MR) is 75.3 cm³/mol. The number of urea groups is 1. The molecule has 1 aromatic carbocycles. The van der Waals surface area contributed by atoms with Crippen molar-refractivity contribution >= 4 is 6.03 Å². The largest absolute Gasteiger partial charge is 0.336 e. The van der Waals surface area contributed by atoms with Crippen LogP contribution in [0.15, 0.2) is 30.3 Å². The molecule has 0 radical (unpaired) electrons. The van der Waals surface area contributed by atoms with Crippen LogP contribution in [0, 0.1) is 5.92 Å². The predicted octanol–water partition coefficient (Wildman–Crippen LogP) is 3.31. The highest BCUT2D eigenvalue weighted by atomic mass is 16.2. The molecule has 0 spiro atoms. The fraction of sp³-hybridized carbons (Fsp3) is 0.533. The van der Waals surface area contributed by atoms with E-state index in [1.165, 1.54) is 0 Å². The van der Waals surface area contributed by atoms with E-state index in [4.69, 9.17) is 0 Å². The maximum absolute atomic E-state index is 11.7. The highest BCUT2D eigenvalue weighted by molar-refractivity contribution is 5.74. The Bertz CT molecular complexity index is 351. The van der Waals surface area contributed by atoms with E-state index in [1.807, 2.05) is 37.3 Å². The van der Waals surface area contributed by atoms with Gasteiger partial charge in [-0.3, -0.25) is 0 Å². The minimum absolute atomic E-state index is 0.0883. The molecule has 3 nitrogen and oxygen atoms in total. The van der Waals surface area contributed by atoms with Gasteiger partial charge in [0.2, 0.25) is 0 Å². The lowest BCUT2D eigenvalue weighted by Crippen LogP contribution is -2.41. The second-order valence-electron chi connectivity index (χ2n) is 4.96. The highest BCUT2D eigenvalue weighted by Crippen LogP contribution is 2.09. The number of carbonyl (C=O) groups excluding carboxylic acids is 1. The van der Waals surface area contributed by atoms with Gasteiger partial charge in [-0.25, -0.2) is 4.79 Å². The van der Waals surface area contributed by atoms with Crippen molar-refractivity contribution in [3.63, 3.8) is 0 Å². The molecular weight excluding hydrogens is 224 g/mol. The summed E-state index contributed by atoms with van der Waals surface area (Å²) in [5.74, 6) is 0.648. The van der Waals surface area contributed by atoms with Crippen molar-refractivity contribution in [2.75, 3.05) is 0 Å². The first-order valence-electron chi connectivity index (χ1n) is 6.70. The maximum Gasteiger partial charge on any atom is 0.315 e. The van der Waals surface area contributed by atoms with Gasteiger partial charge in [-0.05, 0) is 24.8 Å². The summed E-state index contributed by atoms with van der Waals surface area (Å²) in [7, 11) is 0. The topological polar surface area (TPSA) is 41.1 Å². The van der Waals surface area contributed by atoms with Crippen molar-refractivity contribution in [3.8, 4) is 0 Å². The van der Waals surface area contributed by atoms with Crippen molar-refractivity contribution in [2.45, 2.75) is 46.2 Å². The standard InChI is InChI=1S/C15H24N2O/c1-4-12(2)10-13(3)17-15(18)16-11-14-8-6-5-7-9-14/h5-9,12-13H,4,10-11H2,1-3H3,(H2,16,17,18). The number of carbonyl (C=O) groups is 1. The van der Waals surface area contributed by atoms with Crippen LogP contribution in [0.2, 0.25) is 0 Å². The molecule has 0 aromatic heterocycles. The van der Waals surface area contributed by atoms with E-state index in [9.17, 15) is 4.79 Å². The lowest BCUT2D eigenvalue weighted by Gasteiger charge is -2.17. The summed E-state index contributed by atoms with van der Waals surface area (Å²) in [5, 5.41) is 5.84. The molecule has 2 unspecified atom stereocenters. The second kappa shape index (κ2) is 7.75. The maximum atomic E-state index is 11.7. The van der Waals surface area contributed by atoms with E-state index < -0.39 is 0 Å². The number of amides is 2. The second-order valence-corrected chi connectivity index (χ2v) is 4.96. The Morgan fingerprint density at radius 2 is 1.89 bits per heavy atom. The van der Waals surface area contributed by atoms with Gasteiger partial charge in [0.1, 0.15) is 0 Å². The van der Waals surface area contributed by atoms with E-state index in [1.54, 1.807) is 0 Å². The molecular formula is C15H24N2O. The number of hydrogen-bond donors (Lipinski definition) is 2. The molecule has 100 valence electrons. The number of rotatable bonds is 6. The number of hydrogen-bond acceptors (Lipinski definition) is 1. The summed E-state index contributed by atoms with van der Waals surface area (Å²) < 4.78 is 0. The lowest BCUT2D eigenvalue weighted by atomic mass is 10.0. The van der Waals surface area contributed by atoms with E-state index in [-0.39, 0.29) is 12.1 Å². The SMILES string of the molecule is CCC(C)CC(C)NC(=O)NCc1ccccc1. The molecule has 0 bridgehead atoms. The van der Waals surface area contributed by atoms with Crippen LogP contribution in [-0.2, 0) is 6.54 Å². The van der Waals surface area contributed by atoms with Crippen molar-refractivity contribution < 1.29 is 4.79 Å². The molecule has 0 fully saturated rings. The minimum Gasteiger partial charge on any atom is -0.336 e. The first kappa shape index (κ1) is 14.6. The van der Waals surface area contributed by atoms with Gasteiger partial charge in [0.25, 0.3) is 0 Å². The van der Waals surface area contributed by atoms with Crippen LogP contribution in [0.25, 0.3) is 0 Å². The summed E-state index contributed by atoms with van der Waals surface area (Å²) in [6.07, 6.45) is 2.17. The zero-order valence-corrected chi connectivity index (χ0v) is 11.6. The molecule has 0 aliphatic rings. The smallest absolute Gasteiger partial charge is 0.315 e. The molecule has 2 N–H and O–H groups in total. The van der Waals surface area contributed by atoms with Gasteiger partial charge in [0.15, 0.2) is 0 Å². The molecule has 0 saturated heterocycles. The van der Waals surface area contributed by atoms with Crippen molar-refractivity contribution in [2.24, 2.45) is 5.92 Å². The molecule has 18 heavy (non-hydrogen) atoms. The van der Waals surface area contributed by atoms with Gasteiger partial charge in [-0.2, -0.15) is 0 Å². The van der Waals surface area contributed by atoms with Crippen LogP contribution in [0.4, 0.5) is 4.79 Å². The summed E-state index contributed by atoms with van der Waals surface area (Å²) >= 11 is 0. The third-order valence-corrected chi connectivity index (χ3v) is 3.13. The zero-order chi connectivity index (χ0) is 13.4. The summed E-state index contributed by atoms with van der Waals surface area (Å²) in [5.41, 5.74) is 1.11. The molecule has 0 aliphatic heterocycles. The van der Waals surface area contributed by atoms with Crippen LogP contribution >= 0.6 is 0 Å². The van der Waals surface area contributed by atoms with Crippen LogP contribution in [0.5, 0.6) is 0 Å². The first-order chi connectivity index (χ1) is 8.61. The Kier molecular flexibility index (Phi) is 6.26. The van der Waals surface area contributed by atoms with Crippen LogP contribution in [-0.4, -0.2) is 12.1 Å². The Hall–Kier alpha value is -1.51. The van der Waals surface area contributed by atoms with Gasteiger partial charge in [-0.1, -0.05) is 50.6 Å². The fourth-order valence-corrected chi connectivity index (χ4v) is 1.88. The van der Waals surface area contributed by atoms with Gasteiger partial charge in [0, 0.05) is 12.6 Å². The lowest BCUT2D eigenvalue weighted by molar-refractivity contribution is 0.235. The van der Waals surface area contributed by atoms with Crippen molar-refractivity contribution in [1.29, 1.82) is 0 Å². The van der Waals surface area contributed by atoms with Crippen LogP contribution in [0.1, 0.15) is 39.2 Å². The molecule has 3 heteroatoms. The molecule has 0 aliphatic carbocycles. The normalized spacial score (nSPS) is 13.7. The van der Waals surface area contributed by atoms with Gasteiger partial charge >= 0.3 is 6.03 Å². The summed E-state index contributed by atoms with van der Waals surface area (Å²) in [6.45, 7) is 7.00. The summed E-state index contributed by atoms with van der Waals surface area (Å²) in [6, 6.07) is 10.1. The Morgan fingerprint density at radius 1 is 1.22 bits per heavy atom.